The second-order valence-corrected chi connectivity index (χ2v) is 9.51. The van der Waals surface area contributed by atoms with Gasteiger partial charge in [0.2, 0.25) is 0 Å². The number of Topliss-reactive ketones (excluding diaryl/α,β-unsaturated/α-hetero) is 1. The number of carbonyl (C=O) groups is 3. The van der Waals surface area contributed by atoms with Gasteiger partial charge in [-0.25, -0.2) is 4.79 Å². The second-order valence-electron chi connectivity index (χ2n) is 8.31. The number of rotatable bonds is 8. The molecule has 1 amide bonds. The largest absolute Gasteiger partial charge is 0.479 e. The van der Waals surface area contributed by atoms with Gasteiger partial charge < -0.3 is 15.7 Å². The zero-order chi connectivity index (χ0) is 24.6. The second kappa shape index (κ2) is 9.33. The van der Waals surface area contributed by atoms with E-state index in [0.717, 1.165) is 0 Å². The van der Waals surface area contributed by atoms with Crippen LogP contribution >= 0.6 is 34.8 Å². The zero-order valence-corrected chi connectivity index (χ0v) is 20.4. The van der Waals surface area contributed by atoms with Crippen LogP contribution in [0, 0.1) is 5.41 Å². The summed E-state index contributed by atoms with van der Waals surface area (Å²) in [5.41, 5.74) is -0.499. The summed E-state index contributed by atoms with van der Waals surface area (Å²) in [7, 11) is 0. The van der Waals surface area contributed by atoms with Gasteiger partial charge in [-0.3, -0.25) is 14.6 Å². The number of amides is 1. The van der Waals surface area contributed by atoms with E-state index in [1.54, 1.807) is 45.0 Å². The van der Waals surface area contributed by atoms with Crippen LogP contribution in [0.5, 0.6) is 0 Å². The molecule has 1 atom stereocenters. The summed E-state index contributed by atoms with van der Waals surface area (Å²) in [4.78, 5) is 40.7. The van der Waals surface area contributed by atoms with Gasteiger partial charge in [0.25, 0.3) is 5.91 Å². The highest BCUT2D eigenvalue weighted by molar-refractivity contribution is 6.47. The summed E-state index contributed by atoms with van der Waals surface area (Å²) in [6.07, 6.45) is 3.03. The van der Waals surface area contributed by atoms with Crippen molar-refractivity contribution >= 4 is 58.1 Å². The summed E-state index contributed by atoms with van der Waals surface area (Å²) in [5.74, 6) is -1.78. The Morgan fingerprint density at radius 1 is 1.09 bits per heavy atom. The molecule has 0 radical (unpaired) electrons. The Hall–Kier alpha value is -2.61. The number of carboxylic acids is 1. The monoisotopic (exact) mass is 509 g/mol. The number of hydrogen-bond acceptors (Lipinski definition) is 5. The minimum absolute atomic E-state index is 0.0329. The van der Waals surface area contributed by atoms with E-state index < -0.39 is 22.8 Å². The summed E-state index contributed by atoms with van der Waals surface area (Å²) >= 11 is 18.1. The molecule has 10 heteroatoms. The number of benzene rings is 1. The topological polar surface area (TPSA) is 108 Å². The van der Waals surface area contributed by atoms with Crippen molar-refractivity contribution in [1.82, 2.24) is 10.3 Å². The predicted molar refractivity (Wildman–Crippen MR) is 128 cm³/mol. The number of aromatic nitrogens is 1. The maximum atomic E-state index is 12.5. The number of allylic oxidation sites excluding steroid dienone is 2. The van der Waals surface area contributed by atoms with E-state index in [1.165, 1.54) is 12.4 Å². The van der Waals surface area contributed by atoms with E-state index in [1.807, 2.05) is 0 Å². The molecule has 3 rings (SSSR count). The van der Waals surface area contributed by atoms with E-state index in [4.69, 9.17) is 34.8 Å². The van der Waals surface area contributed by atoms with Crippen LogP contribution in [0.25, 0.3) is 0 Å². The van der Waals surface area contributed by atoms with E-state index >= 15 is 0 Å². The summed E-state index contributed by atoms with van der Waals surface area (Å²) in [6, 6.07) is 6.74. The molecule has 1 aromatic carbocycles. The molecule has 33 heavy (non-hydrogen) atoms. The van der Waals surface area contributed by atoms with Crippen molar-refractivity contribution in [3.8, 4) is 0 Å². The van der Waals surface area contributed by atoms with Crippen LogP contribution in [0.3, 0.4) is 0 Å². The molecule has 1 aromatic heterocycles. The molecule has 0 spiro atoms. The minimum atomic E-state index is -1.36. The first-order valence-electron chi connectivity index (χ1n) is 10.1. The predicted octanol–water partition coefficient (Wildman–Crippen LogP) is 5.07. The van der Waals surface area contributed by atoms with E-state index in [-0.39, 0.29) is 39.3 Å². The molecule has 0 fully saturated rings. The lowest BCUT2D eigenvalue weighted by Gasteiger charge is -2.42. The quantitative estimate of drug-likeness (QED) is 0.458. The first-order valence-corrected chi connectivity index (χ1v) is 11.2. The fraction of sp³-hybridized carbons (Fsp3) is 0.304. The van der Waals surface area contributed by atoms with Gasteiger partial charge in [-0.2, -0.15) is 0 Å². The molecule has 0 unspecified atom stereocenters. The molecule has 1 heterocycles. The van der Waals surface area contributed by atoms with Crippen LogP contribution in [-0.2, 0) is 16.0 Å². The summed E-state index contributed by atoms with van der Waals surface area (Å²) < 4.78 is 0. The molecule has 7 nitrogen and oxygen atoms in total. The standard InChI is InChI=1S/C23H22Cl3N3O4/c1-4-23(21(32)33,29-18-17(26)19(30)22(18,2)3)9-12-5-7-13(8-6-12)28-20(31)16-14(24)10-27-11-15(16)25/h5-8,10-11,29H,4,9H2,1-3H3,(H,28,31)(H,32,33)/t23-/m0/s1. The number of carbonyl (C=O) groups excluding carboxylic acids is 2. The van der Waals surface area contributed by atoms with Crippen LogP contribution in [0.15, 0.2) is 47.4 Å². The lowest BCUT2D eigenvalue weighted by molar-refractivity contribution is -0.145. The Labute approximate surface area is 206 Å². The normalized spacial score (nSPS) is 16.6. The molecule has 1 aliphatic rings. The van der Waals surface area contributed by atoms with E-state index in [9.17, 15) is 19.5 Å². The number of hydrogen-bond donors (Lipinski definition) is 3. The van der Waals surface area contributed by atoms with Crippen molar-refractivity contribution in [3.05, 3.63) is 68.6 Å². The first kappa shape index (κ1) is 25.0. The SMILES string of the molecule is CC[C@@](Cc1ccc(NC(=O)c2c(Cl)cncc2Cl)cc1)(NC1=C(Cl)C(=O)C1(C)C)C(=O)O. The Kier molecular flexibility index (Phi) is 7.07. The molecule has 174 valence electrons. The summed E-state index contributed by atoms with van der Waals surface area (Å²) in [6.45, 7) is 5.15. The van der Waals surface area contributed by atoms with Crippen molar-refractivity contribution in [2.75, 3.05) is 5.32 Å². The average Bonchev–Trinajstić information content (AvgIpc) is 2.76. The number of nitrogens with one attached hydrogen (secondary N) is 2. The fourth-order valence-corrected chi connectivity index (χ4v) is 4.63. The Morgan fingerprint density at radius 3 is 2.15 bits per heavy atom. The third kappa shape index (κ3) is 4.71. The number of nitrogens with zero attached hydrogens (tertiary/aromatic N) is 1. The highest BCUT2D eigenvalue weighted by Gasteiger charge is 2.50. The molecule has 1 aliphatic carbocycles. The van der Waals surface area contributed by atoms with Gasteiger partial charge in [0.1, 0.15) is 10.6 Å². The zero-order valence-electron chi connectivity index (χ0n) is 18.1. The first-order chi connectivity index (χ1) is 15.4. The van der Waals surface area contributed by atoms with Crippen molar-refractivity contribution in [1.29, 1.82) is 0 Å². The number of carboxylic acid groups (broad SMARTS) is 1. The number of halogens is 3. The maximum Gasteiger partial charge on any atom is 0.329 e. The lowest BCUT2D eigenvalue weighted by Crippen LogP contribution is -2.58. The molecular weight excluding hydrogens is 489 g/mol. The third-order valence-electron chi connectivity index (χ3n) is 5.79. The highest BCUT2D eigenvalue weighted by atomic mass is 35.5. The van der Waals surface area contributed by atoms with Gasteiger partial charge in [0.05, 0.1) is 21.0 Å². The summed E-state index contributed by atoms with van der Waals surface area (Å²) in [5, 5.41) is 16.1. The number of anilines is 1. The van der Waals surface area contributed by atoms with Gasteiger partial charge in [-0.05, 0) is 38.0 Å². The molecule has 0 aliphatic heterocycles. The molecule has 0 saturated carbocycles. The Bertz CT molecular complexity index is 1140. The smallest absolute Gasteiger partial charge is 0.329 e. The van der Waals surface area contributed by atoms with Crippen LogP contribution in [0.1, 0.15) is 43.1 Å². The molecule has 3 N–H and O–H groups in total. The fourth-order valence-electron chi connectivity index (χ4n) is 3.58. The lowest BCUT2D eigenvalue weighted by atomic mass is 9.73. The number of aliphatic carboxylic acids is 1. The van der Waals surface area contributed by atoms with Crippen LogP contribution in [-0.4, -0.2) is 33.3 Å². The molecule has 0 bridgehead atoms. The van der Waals surface area contributed by atoms with Crippen molar-refractivity contribution in [2.45, 2.75) is 39.2 Å². The van der Waals surface area contributed by atoms with Crippen LogP contribution in [0.4, 0.5) is 5.69 Å². The van der Waals surface area contributed by atoms with Crippen molar-refractivity contribution < 1.29 is 19.5 Å². The average molecular weight is 511 g/mol. The van der Waals surface area contributed by atoms with E-state index in [0.29, 0.717) is 16.9 Å². The third-order valence-corrected chi connectivity index (χ3v) is 6.72. The van der Waals surface area contributed by atoms with Gasteiger partial charge >= 0.3 is 5.97 Å². The van der Waals surface area contributed by atoms with Crippen LogP contribution < -0.4 is 10.6 Å². The number of pyridine rings is 1. The Morgan fingerprint density at radius 2 is 1.67 bits per heavy atom. The van der Waals surface area contributed by atoms with Gasteiger partial charge in [0, 0.05) is 30.2 Å². The number of ketones is 1. The maximum absolute atomic E-state index is 12.5. The van der Waals surface area contributed by atoms with Gasteiger partial charge in [-0.1, -0.05) is 53.9 Å². The van der Waals surface area contributed by atoms with Gasteiger partial charge in [-0.15, -0.1) is 0 Å². The van der Waals surface area contributed by atoms with Crippen molar-refractivity contribution in [3.63, 3.8) is 0 Å². The molecule has 2 aromatic rings. The van der Waals surface area contributed by atoms with Crippen LogP contribution in [0.2, 0.25) is 10.0 Å². The molecular formula is C23H22Cl3N3O4. The highest BCUT2D eigenvalue weighted by Crippen LogP contribution is 2.44. The van der Waals surface area contributed by atoms with Gasteiger partial charge in [0.15, 0.2) is 5.78 Å². The van der Waals surface area contributed by atoms with Crippen molar-refractivity contribution in [2.24, 2.45) is 5.41 Å². The van der Waals surface area contributed by atoms with E-state index in [2.05, 4.69) is 15.6 Å². The minimum Gasteiger partial charge on any atom is -0.479 e. The Balaban J connectivity index is 1.80. The molecule has 0 saturated heterocycles.